The molecule has 0 aromatic carbocycles. The molecule has 1 aliphatic rings. The van der Waals surface area contributed by atoms with Gasteiger partial charge in [0.25, 0.3) is 0 Å². The fourth-order valence-electron chi connectivity index (χ4n) is 1.98. The summed E-state index contributed by atoms with van der Waals surface area (Å²) < 4.78 is 10.6. The average molecular weight is 246 g/mol. The van der Waals surface area contributed by atoms with Crippen molar-refractivity contribution in [2.24, 2.45) is 0 Å². The standard InChI is InChI=1S/C11H22N2O2S/c1-8(7-14-4)12-11(16)13(3)10-5-6-15-9(10)2/h8-10H,5-7H2,1-4H3,(H,12,16). The molecule has 94 valence electrons. The minimum atomic E-state index is 0.234. The van der Waals surface area contributed by atoms with Gasteiger partial charge in [0, 0.05) is 26.8 Å². The highest BCUT2D eigenvalue weighted by Gasteiger charge is 2.29. The third kappa shape index (κ3) is 3.57. The van der Waals surface area contributed by atoms with Gasteiger partial charge in [-0.05, 0) is 32.5 Å². The number of nitrogens with one attached hydrogen (secondary N) is 1. The van der Waals surface area contributed by atoms with E-state index in [0.29, 0.717) is 12.6 Å². The maximum atomic E-state index is 5.54. The smallest absolute Gasteiger partial charge is 0.169 e. The molecule has 1 heterocycles. The molecule has 1 aliphatic heterocycles. The summed E-state index contributed by atoms with van der Waals surface area (Å²) in [6, 6.07) is 0.618. The first-order valence-corrected chi connectivity index (χ1v) is 6.11. The molecule has 0 bridgehead atoms. The number of likely N-dealkylation sites (N-methyl/N-ethyl adjacent to an activating group) is 1. The van der Waals surface area contributed by atoms with Crippen molar-refractivity contribution in [3.8, 4) is 0 Å². The summed E-state index contributed by atoms with van der Waals surface area (Å²) in [4.78, 5) is 2.10. The molecule has 16 heavy (non-hydrogen) atoms. The number of hydrogen-bond donors (Lipinski definition) is 1. The van der Waals surface area contributed by atoms with Crippen LogP contribution >= 0.6 is 12.2 Å². The number of thiocarbonyl (C=S) groups is 1. The Hall–Kier alpha value is -0.390. The van der Waals surface area contributed by atoms with Crippen LogP contribution in [0.25, 0.3) is 0 Å². The van der Waals surface area contributed by atoms with Gasteiger partial charge in [0.2, 0.25) is 0 Å². The summed E-state index contributed by atoms with van der Waals surface area (Å²) >= 11 is 5.36. The lowest BCUT2D eigenvalue weighted by Gasteiger charge is -2.30. The summed E-state index contributed by atoms with van der Waals surface area (Å²) in [5.41, 5.74) is 0. The molecule has 1 fully saturated rings. The third-order valence-electron chi connectivity index (χ3n) is 2.94. The molecular weight excluding hydrogens is 224 g/mol. The second kappa shape index (κ2) is 6.37. The number of ether oxygens (including phenoxy) is 2. The Labute approximate surface area is 103 Å². The lowest BCUT2D eigenvalue weighted by Crippen LogP contribution is -2.49. The molecule has 0 aromatic heterocycles. The summed E-state index contributed by atoms with van der Waals surface area (Å²) in [6.07, 6.45) is 1.29. The molecule has 0 aliphatic carbocycles. The molecule has 1 rings (SSSR count). The molecular formula is C11H22N2O2S. The van der Waals surface area contributed by atoms with Crippen LogP contribution < -0.4 is 5.32 Å². The molecule has 1 saturated heterocycles. The fraction of sp³-hybridized carbons (Fsp3) is 0.909. The molecule has 0 radical (unpaired) electrons. The van der Waals surface area contributed by atoms with Crippen molar-refractivity contribution in [3.63, 3.8) is 0 Å². The normalized spacial score (nSPS) is 26.5. The van der Waals surface area contributed by atoms with Crippen molar-refractivity contribution < 1.29 is 9.47 Å². The zero-order chi connectivity index (χ0) is 12.1. The van der Waals surface area contributed by atoms with E-state index in [1.807, 2.05) is 7.05 Å². The average Bonchev–Trinajstić information content (AvgIpc) is 2.63. The van der Waals surface area contributed by atoms with E-state index in [4.69, 9.17) is 21.7 Å². The maximum absolute atomic E-state index is 5.54. The van der Waals surface area contributed by atoms with Gasteiger partial charge in [-0.2, -0.15) is 0 Å². The quantitative estimate of drug-likeness (QED) is 0.749. The van der Waals surface area contributed by atoms with Crippen LogP contribution in [-0.2, 0) is 9.47 Å². The Morgan fingerprint density at radius 2 is 2.38 bits per heavy atom. The Morgan fingerprint density at radius 3 is 2.88 bits per heavy atom. The Kier molecular flexibility index (Phi) is 5.44. The SMILES string of the molecule is COCC(C)NC(=S)N(C)C1CCOC1C. The number of nitrogens with zero attached hydrogens (tertiary/aromatic N) is 1. The molecule has 1 N–H and O–H groups in total. The van der Waals surface area contributed by atoms with E-state index in [-0.39, 0.29) is 12.1 Å². The van der Waals surface area contributed by atoms with Gasteiger partial charge >= 0.3 is 0 Å². The van der Waals surface area contributed by atoms with Crippen molar-refractivity contribution in [2.75, 3.05) is 27.4 Å². The van der Waals surface area contributed by atoms with Crippen molar-refractivity contribution in [2.45, 2.75) is 38.5 Å². The second-order valence-electron chi connectivity index (χ2n) is 4.35. The molecule has 0 aromatic rings. The minimum absolute atomic E-state index is 0.234. The van der Waals surface area contributed by atoms with Gasteiger partial charge in [-0.15, -0.1) is 0 Å². The van der Waals surface area contributed by atoms with Crippen molar-refractivity contribution in [1.29, 1.82) is 0 Å². The van der Waals surface area contributed by atoms with E-state index in [2.05, 4.69) is 24.1 Å². The lowest BCUT2D eigenvalue weighted by atomic mass is 10.1. The first-order valence-electron chi connectivity index (χ1n) is 5.70. The van der Waals surface area contributed by atoms with Gasteiger partial charge < -0.3 is 19.7 Å². The summed E-state index contributed by atoms with van der Waals surface area (Å²) in [6.45, 7) is 5.63. The molecule has 0 amide bonds. The molecule has 3 unspecified atom stereocenters. The van der Waals surface area contributed by atoms with Crippen LogP contribution in [0.5, 0.6) is 0 Å². The molecule has 5 heteroatoms. The number of rotatable bonds is 4. The van der Waals surface area contributed by atoms with Crippen LogP contribution in [0.15, 0.2) is 0 Å². The first kappa shape index (κ1) is 13.7. The van der Waals surface area contributed by atoms with E-state index < -0.39 is 0 Å². The highest BCUT2D eigenvalue weighted by molar-refractivity contribution is 7.80. The highest BCUT2D eigenvalue weighted by Crippen LogP contribution is 2.18. The number of hydrogen-bond acceptors (Lipinski definition) is 3. The highest BCUT2D eigenvalue weighted by atomic mass is 32.1. The van der Waals surface area contributed by atoms with E-state index in [9.17, 15) is 0 Å². The molecule has 0 spiro atoms. The monoisotopic (exact) mass is 246 g/mol. The topological polar surface area (TPSA) is 33.7 Å². The van der Waals surface area contributed by atoms with E-state index in [0.717, 1.165) is 18.1 Å². The third-order valence-corrected chi connectivity index (χ3v) is 3.35. The largest absolute Gasteiger partial charge is 0.383 e. The van der Waals surface area contributed by atoms with Gasteiger partial charge in [-0.25, -0.2) is 0 Å². The molecule has 0 saturated carbocycles. The van der Waals surface area contributed by atoms with Crippen molar-refractivity contribution in [3.05, 3.63) is 0 Å². The minimum Gasteiger partial charge on any atom is -0.383 e. The lowest BCUT2D eigenvalue weighted by molar-refractivity contribution is 0.0992. The maximum Gasteiger partial charge on any atom is 0.169 e. The Morgan fingerprint density at radius 1 is 1.69 bits per heavy atom. The van der Waals surface area contributed by atoms with E-state index in [1.54, 1.807) is 7.11 Å². The van der Waals surface area contributed by atoms with Crippen LogP contribution in [0.4, 0.5) is 0 Å². The van der Waals surface area contributed by atoms with Crippen LogP contribution in [0.3, 0.4) is 0 Å². The Balaban J connectivity index is 2.40. The predicted molar refractivity (Wildman–Crippen MR) is 68.7 cm³/mol. The zero-order valence-corrected chi connectivity index (χ0v) is 11.3. The van der Waals surface area contributed by atoms with E-state index in [1.165, 1.54) is 0 Å². The molecule has 3 atom stereocenters. The predicted octanol–water partition coefficient (Wildman–Crippen LogP) is 1.01. The summed E-state index contributed by atoms with van der Waals surface area (Å²) in [7, 11) is 3.71. The van der Waals surface area contributed by atoms with Crippen LogP contribution in [-0.4, -0.2) is 55.6 Å². The van der Waals surface area contributed by atoms with E-state index >= 15 is 0 Å². The zero-order valence-electron chi connectivity index (χ0n) is 10.5. The van der Waals surface area contributed by atoms with Gasteiger partial charge in [-0.3, -0.25) is 0 Å². The van der Waals surface area contributed by atoms with Crippen molar-refractivity contribution >= 4 is 17.3 Å². The van der Waals surface area contributed by atoms with Crippen LogP contribution in [0.2, 0.25) is 0 Å². The van der Waals surface area contributed by atoms with Gasteiger partial charge in [0.1, 0.15) is 0 Å². The van der Waals surface area contributed by atoms with Crippen LogP contribution in [0, 0.1) is 0 Å². The van der Waals surface area contributed by atoms with Crippen molar-refractivity contribution in [1.82, 2.24) is 10.2 Å². The van der Waals surface area contributed by atoms with Gasteiger partial charge in [0.15, 0.2) is 5.11 Å². The summed E-state index contributed by atoms with van der Waals surface area (Å²) in [5.74, 6) is 0. The fourth-order valence-corrected chi connectivity index (χ4v) is 2.32. The van der Waals surface area contributed by atoms with Gasteiger partial charge in [0.05, 0.1) is 18.8 Å². The number of methoxy groups -OCH3 is 1. The second-order valence-corrected chi connectivity index (χ2v) is 4.74. The Bertz CT molecular complexity index is 238. The van der Waals surface area contributed by atoms with Gasteiger partial charge in [-0.1, -0.05) is 0 Å². The van der Waals surface area contributed by atoms with Crippen LogP contribution in [0.1, 0.15) is 20.3 Å². The summed E-state index contributed by atoms with van der Waals surface area (Å²) in [5, 5.41) is 4.03. The first-order chi connectivity index (χ1) is 7.56. The molecule has 4 nitrogen and oxygen atoms in total.